The molecule has 1 amide bonds. The van der Waals surface area contributed by atoms with E-state index in [-0.39, 0.29) is 12.1 Å². The van der Waals surface area contributed by atoms with Gasteiger partial charge in [0.15, 0.2) is 0 Å². The van der Waals surface area contributed by atoms with Gasteiger partial charge in [-0.2, -0.15) is 0 Å². The largest absolute Gasteiger partial charge is 0.418 e. The van der Waals surface area contributed by atoms with Crippen LogP contribution in [-0.2, 0) is 4.74 Å². The zero-order chi connectivity index (χ0) is 9.80. The molecule has 0 saturated carbocycles. The lowest BCUT2D eigenvalue weighted by molar-refractivity contribution is 0.133. The van der Waals surface area contributed by atoms with Gasteiger partial charge in [-0.3, -0.25) is 4.90 Å². The molecule has 4 nitrogen and oxygen atoms in total. The van der Waals surface area contributed by atoms with Gasteiger partial charge >= 0.3 is 6.09 Å². The van der Waals surface area contributed by atoms with Crippen molar-refractivity contribution in [2.75, 3.05) is 13.1 Å². The van der Waals surface area contributed by atoms with Crippen molar-refractivity contribution in [3.8, 4) is 0 Å². The Labute approximate surface area is 83.2 Å². The molecule has 0 spiro atoms. The van der Waals surface area contributed by atoms with Crippen LogP contribution in [0.25, 0.3) is 0 Å². The molecule has 1 fully saturated rings. The molecular weight excluding hydrogens is 180 g/mol. The van der Waals surface area contributed by atoms with Gasteiger partial charge < -0.3 is 10.1 Å². The van der Waals surface area contributed by atoms with Crippen LogP contribution in [0.15, 0.2) is 24.6 Å². The molecule has 2 rings (SSSR count). The Bertz CT molecular complexity index is 267. The monoisotopic (exact) mass is 194 g/mol. The van der Waals surface area contributed by atoms with Crippen molar-refractivity contribution in [1.82, 2.24) is 10.2 Å². The van der Waals surface area contributed by atoms with Crippen molar-refractivity contribution < 1.29 is 9.53 Å². The Morgan fingerprint density at radius 1 is 1.36 bits per heavy atom. The number of nitrogens with zero attached hydrogens (tertiary/aromatic N) is 1. The average Bonchev–Trinajstić information content (AvgIpc) is 2.44. The molecule has 2 aliphatic rings. The molecule has 14 heavy (non-hydrogen) atoms. The van der Waals surface area contributed by atoms with E-state index in [1.165, 1.54) is 6.26 Å². The molecule has 0 aliphatic carbocycles. The summed E-state index contributed by atoms with van der Waals surface area (Å²) >= 11 is 0. The maximum Gasteiger partial charge on any atom is 0.418 e. The smallest absolute Gasteiger partial charge is 0.418 e. The van der Waals surface area contributed by atoms with Crippen LogP contribution in [0.1, 0.15) is 12.8 Å². The zero-order valence-electron chi connectivity index (χ0n) is 7.98. The van der Waals surface area contributed by atoms with Crippen LogP contribution in [0, 0.1) is 0 Å². The van der Waals surface area contributed by atoms with Crippen molar-refractivity contribution in [1.29, 1.82) is 0 Å². The third-order valence-corrected chi connectivity index (χ3v) is 2.52. The van der Waals surface area contributed by atoms with Crippen LogP contribution in [0.5, 0.6) is 0 Å². The first-order chi connectivity index (χ1) is 6.88. The summed E-state index contributed by atoms with van der Waals surface area (Å²) in [6.07, 6.45) is 8.45. The predicted molar refractivity (Wildman–Crippen MR) is 52.5 cm³/mol. The van der Waals surface area contributed by atoms with Crippen LogP contribution >= 0.6 is 0 Å². The fourth-order valence-electron chi connectivity index (χ4n) is 1.76. The van der Waals surface area contributed by atoms with Crippen molar-refractivity contribution in [3.63, 3.8) is 0 Å². The Morgan fingerprint density at radius 3 is 2.93 bits per heavy atom. The molecule has 0 aromatic rings. The first-order valence-electron chi connectivity index (χ1n) is 4.91. The van der Waals surface area contributed by atoms with Crippen molar-refractivity contribution >= 4 is 6.09 Å². The van der Waals surface area contributed by atoms with Gasteiger partial charge in [0, 0.05) is 12.2 Å². The molecule has 0 aromatic carbocycles. The fourth-order valence-corrected chi connectivity index (χ4v) is 1.76. The lowest BCUT2D eigenvalue weighted by Crippen LogP contribution is -2.43. The summed E-state index contributed by atoms with van der Waals surface area (Å²) in [6, 6.07) is 0.278. The number of hydrogen-bond acceptors (Lipinski definition) is 3. The number of rotatable bonds is 1. The molecule has 1 saturated heterocycles. The number of amides is 1. The van der Waals surface area contributed by atoms with E-state index < -0.39 is 0 Å². The van der Waals surface area contributed by atoms with Crippen LogP contribution < -0.4 is 5.32 Å². The minimum absolute atomic E-state index is 0.276. The first-order valence-corrected chi connectivity index (χ1v) is 4.91. The van der Waals surface area contributed by atoms with Crippen molar-refractivity contribution in [2.24, 2.45) is 0 Å². The number of hydrogen-bond donors (Lipinski definition) is 1. The summed E-state index contributed by atoms with van der Waals surface area (Å²) in [5, 5.41) is 3.27. The number of carbonyl (C=O) groups is 1. The minimum atomic E-state index is -0.276. The van der Waals surface area contributed by atoms with E-state index in [2.05, 4.69) is 5.32 Å². The SMILES string of the molecule is O=C1OC=CC=CN1C1CCNCC1. The quantitative estimate of drug-likeness (QED) is 0.682. The lowest BCUT2D eigenvalue weighted by atomic mass is 10.1. The average molecular weight is 194 g/mol. The third kappa shape index (κ3) is 1.96. The molecule has 0 radical (unpaired) electrons. The summed E-state index contributed by atoms with van der Waals surface area (Å²) in [6.45, 7) is 1.94. The summed E-state index contributed by atoms with van der Waals surface area (Å²) < 4.78 is 4.89. The molecular formula is C10H14N2O2. The molecule has 0 atom stereocenters. The highest BCUT2D eigenvalue weighted by atomic mass is 16.5. The maximum absolute atomic E-state index is 11.5. The van der Waals surface area contributed by atoms with Gasteiger partial charge in [-0.25, -0.2) is 4.79 Å². The Hall–Kier alpha value is -1.29. The molecule has 0 unspecified atom stereocenters. The van der Waals surface area contributed by atoms with Crippen LogP contribution in [0.2, 0.25) is 0 Å². The van der Waals surface area contributed by atoms with Crippen molar-refractivity contribution in [2.45, 2.75) is 18.9 Å². The lowest BCUT2D eigenvalue weighted by Gasteiger charge is -2.30. The summed E-state index contributed by atoms with van der Waals surface area (Å²) in [4.78, 5) is 13.2. The highest BCUT2D eigenvalue weighted by Gasteiger charge is 2.24. The number of cyclic esters (lactones) is 1. The summed E-state index contributed by atoms with van der Waals surface area (Å²) in [5.41, 5.74) is 0. The molecule has 0 aromatic heterocycles. The van der Waals surface area contributed by atoms with E-state index >= 15 is 0 Å². The van der Waals surface area contributed by atoms with Crippen LogP contribution in [0.3, 0.4) is 0 Å². The third-order valence-electron chi connectivity index (χ3n) is 2.52. The second-order valence-electron chi connectivity index (χ2n) is 3.44. The minimum Gasteiger partial charge on any atom is -0.418 e. The van der Waals surface area contributed by atoms with Gasteiger partial charge in [-0.1, -0.05) is 0 Å². The molecule has 4 heteroatoms. The Morgan fingerprint density at radius 2 is 2.14 bits per heavy atom. The normalized spacial score (nSPS) is 23.4. The standard InChI is InChI=1S/C10H14N2O2/c13-10-12(7-1-2-8-14-10)9-3-5-11-6-4-9/h1-2,7-9,11H,3-6H2. The topological polar surface area (TPSA) is 41.6 Å². The summed E-state index contributed by atoms with van der Waals surface area (Å²) in [5.74, 6) is 0. The molecule has 2 heterocycles. The number of piperidine rings is 1. The van der Waals surface area contributed by atoms with E-state index in [0.717, 1.165) is 25.9 Å². The highest BCUT2D eigenvalue weighted by molar-refractivity contribution is 5.70. The number of ether oxygens (including phenoxy) is 1. The first kappa shape index (κ1) is 9.27. The second kappa shape index (κ2) is 4.28. The van der Waals surface area contributed by atoms with Gasteiger partial charge in [0.25, 0.3) is 0 Å². The van der Waals surface area contributed by atoms with Gasteiger partial charge in [0.05, 0.1) is 6.26 Å². The van der Waals surface area contributed by atoms with Gasteiger partial charge in [-0.15, -0.1) is 0 Å². The summed E-state index contributed by atoms with van der Waals surface area (Å²) in [7, 11) is 0. The van der Waals surface area contributed by atoms with E-state index in [4.69, 9.17) is 4.74 Å². The van der Waals surface area contributed by atoms with Gasteiger partial charge in [-0.05, 0) is 38.1 Å². The molecule has 0 bridgehead atoms. The molecule has 1 N–H and O–H groups in total. The maximum atomic E-state index is 11.5. The predicted octanol–water partition coefficient (Wildman–Crippen LogP) is 1.22. The van der Waals surface area contributed by atoms with Gasteiger partial charge in [0.1, 0.15) is 0 Å². The fraction of sp³-hybridized carbons (Fsp3) is 0.500. The van der Waals surface area contributed by atoms with Crippen LogP contribution in [0.4, 0.5) is 4.79 Å². The van der Waals surface area contributed by atoms with Crippen LogP contribution in [-0.4, -0.2) is 30.1 Å². The number of carbonyl (C=O) groups excluding carboxylic acids is 1. The zero-order valence-corrected chi connectivity index (χ0v) is 7.98. The Balaban J connectivity index is 2.04. The second-order valence-corrected chi connectivity index (χ2v) is 3.44. The Kier molecular flexibility index (Phi) is 2.84. The van der Waals surface area contributed by atoms with E-state index in [1.807, 2.05) is 6.08 Å². The molecule has 2 aliphatic heterocycles. The number of allylic oxidation sites excluding steroid dienone is 2. The van der Waals surface area contributed by atoms with E-state index in [9.17, 15) is 4.79 Å². The molecule has 76 valence electrons. The van der Waals surface area contributed by atoms with Crippen molar-refractivity contribution in [3.05, 3.63) is 24.6 Å². The van der Waals surface area contributed by atoms with E-state index in [0.29, 0.717) is 0 Å². The highest BCUT2D eigenvalue weighted by Crippen LogP contribution is 2.15. The van der Waals surface area contributed by atoms with E-state index in [1.54, 1.807) is 17.2 Å². The number of nitrogens with one attached hydrogen (secondary N) is 1. The van der Waals surface area contributed by atoms with Gasteiger partial charge in [0.2, 0.25) is 0 Å².